The van der Waals surface area contributed by atoms with Crippen molar-refractivity contribution in [2.75, 3.05) is 29.0 Å². The van der Waals surface area contributed by atoms with Crippen molar-refractivity contribution >= 4 is 27.3 Å². The lowest BCUT2D eigenvalue weighted by atomic mass is 10.1. The normalized spacial score (nSPS) is 12.3. The highest BCUT2D eigenvalue weighted by Crippen LogP contribution is 2.24. The smallest absolute Gasteiger partial charge is 0.251 e. The predicted octanol–water partition coefficient (Wildman–Crippen LogP) is 4.18. The predicted molar refractivity (Wildman–Crippen MR) is 120 cm³/mol. The van der Waals surface area contributed by atoms with Crippen molar-refractivity contribution in [3.8, 4) is 0 Å². The number of amides is 1. The van der Waals surface area contributed by atoms with Crippen molar-refractivity contribution < 1.29 is 13.2 Å². The lowest BCUT2D eigenvalue weighted by molar-refractivity contribution is 0.0940. The van der Waals surface area contributed by atoms with Crippen molar-refractivity contribution in [3.05, 3.63) is 59.7 Å². The highest BCUT2D eigenvalue weighted by molar-refractivity contribution is 7.92. The van der Waals surface area contributed by atoms with Crippen molar-refractivity contribution in [2.24, 2.45) is 0 Å². The number of carbonyl (C=O) groups is 1. The summed E-state index contributed by atoms with van der Waals surface area (Å²) in [5, 5.41) is 2.95. The second kappa shape index (κ2) is 10.3. The summed E-state index contributed by atoms with van der Waals surface area (Å²) >= 11 is 0. The second-order valence-corrected chi connectivity index (χ2v) is 8.89. The monoisotopic (exact) mass is 417 g/mol. The van der Waals surface area contributed by atoms with Gasteiger partial charge in [-0.1, -0.05) is 31.5 Å². The molecule has 0 fully saturated rings. The van der Waals surface area contributed by atoms with Gasteiger partial charge in [0.05, 0.1) is 18.0 Å². The minimum atomic E-state index is -3.40. The molecular formula is C22H31N3O3S. The average Bonchev–Trinajstić information content (AvgIpc) is 2.68. The molecule has 0 radical (unpaired) electrons. The Bertz CT molecular complexity index is 911. The van der Waals surface area contributed by atoms with Gasteiger partial charge >= 0.3 is 0 Å². The van der Waals surface area contributed by atoms with Crippen LogP contribution < -0.4 is 14.9 Å². The Morgan fingerprint density at radius 2 is 1.72 bits per heavy atom. The molecule has 1 unspecified atom stereocenters. The fraction of sp³-hybridized carbons (Fsp3) is 0.409. The molecule has 0 saturated carbocycles. The van der Waals surface area contributed by atoms with E-state index in [1.807, 2.05) is 37.3 Å². The van der Waals surface area contributed by atoms with E-state index in [0.717, 1.165) is 37.9 Å². The van der Waals surface area contributed by atoms with Gasteiger partial charge in [-0.3, -0.25) is 9.52 Å². The van der Waals surface area contributed by atoms with Crippen LogP contribution in [0.3, 0.4) is 0 Å². The molecule has 6 nitrogen and oxygen atoms in total. The highest BCUT2D eigenvalue weighted by Gasteiger charge is 2.16. The first-order chi connectivity index (χ1) is 13.7. The molecule has 2 N–H and O–H groups in total. The van der Waals surface area contributed by atoms with Crippen LogP contribution in [0.2, 0.25) is 0 Å². The third-order valence-corrected chi connectivity index (χ3v) is 5.32. The Morgan fingerprint density at radius 1 is 1.07 bits per heavy atom. The van der Waals surface area contributed by atoms with Gasteiger partial charge in [0.15, 0.2) is 0 Å². The number of benzene rings is 2. The zero-order valence-corrected chi connectivity index (χ0v) is 18.4. The number of hydrogen-bond acceptors (Lipinski definition) is 4. The van der Waals surface area contributed by atoms with E-state index in [1.54, 1.807) is 18.2 Å². The number of sulfonamides is 1. The minimum absolute atomic E-state index is 0.199. The molecule has 0 bridgehead atoms. The number of unbranched alkanes of at least 4 members (excludes halogenated alkanes) is 1. The van der Waals surface area contributed by atoms with Crippen LogP contribution >= 0.6 is 0 Å². The van der Waals surface area contributed by atoms with Crippen LogP contribution in [0.1, 0.15) is 55.6 Å². The summed E-state index contributed by atoms with van der Waals surface area (Å²) in [6.45, 7) is 8.05. The van der Waals surface area contributed by atoms with Crippen molar-refractivity contribution in [2.45, 2.75) is 39.7 Å². The first-order valence-corrected chi connectivity index (χ1v) is 11.9. The quantitative estimate of drug-likeness (QED) is 0.608. The number of para-hydroxylation sites is 1. The molecule has 0 heterocycles. The molecule has 2 aromatic rings. The van der Waals surface area contributed by atoms with Gasteiger partial charge in [-0.2, -0.15) is 0 Å². The molecule has 7 heteroatoms. The summed E-state index contributed by atoms with van der Waals surface area (Å²) in [6, 6.07) is 14.3. The molecule has 0 aliphatic rings. The first-order valence-electron chi connectivity index (χ1n) is 9.97. The lowest BCUT2D eigenvalue weighted by Crippen LogP contribution is -2.28. The van der Waals surface area contributed by atoms with Crippen LogP contribution in [-0.2, 0) is 10.0 Å². The Labute approximate surface area is 174 Å². The first kappa shape index (κ1) is 22.7. The molecule has 0 aromatic heterocycles. The van der Waals surface area contributed by atoms with Crippen LogP contribution in [0.5, 0.6) is 0 Å². The topological polar surface area (TPSA) is 78.5 Å². The average molecular weight is 418 g/mol. The van der Waals surface area contributed by atoms with Crippen LogP contribution in [0.25, 0.3) is 0 Å². The SMILES string of the molecule is CCCCN(CC)c1ccc(C(=O)NC(C)c2ccccc2NS(C)(=O)=O)cc1. The zero-order valence-electron chi connectivity index (χ0n) is 17.6. The molecule has 2 aromatic carbocycles. The van der Waals surface area contributed by atoms with Gasteiger partial charge in [-0.25, -0.2) is 8.42 Å². The molecule has 1 amide bonds. The number of nitrogens with zero attached hydrogens (tertiary/aromatic N) is 1. The van der Waals surface area contributed by atoms with E-state index in [9.17, 15) is 13.2 Å². The third-order valence-electron chi connectivity index (χ3n) is 4.73. The number of anilines is 2. The molecule has 158 valence electrons. The van der Waals surface area contributed by atoms with Crippen LogP contribution in [0.15, 0.2) is 48.5 Å². The number of hydrogen-bond donors (Lipinski definition) is 2. The van der Waals surface area contributed by atoms with E-state index in [0.29, 0.717) is 16.8 Å². The van der Waals surface area contributed by atoms with E-state index in [4.69, 9.17) is 0 Å². The van der Waals surface area contributed by atoms with Crippen molar-refractivity contribution in [3.63, 3.8) is 0 Å². The Balaban J connectivity index is 2.10. The van der Waals surface area contributed by atoms with E-state index >= 15 is 0 Å². The van der Waals surface area contributed by atoms with Gasteiger partial charge in [0.25, 0.3) is 5.91 Å². The van der Waals surface area contributed by atoms with Crippen molar-refractivity contribution in [1.82, 2.24) is 5.32 Å². The lowest BCUT2D eigenvalue weighted by Gasteiger charge is -2.23. The summed E-state index contributed by atoms with van der Waals surface area (Å²) in [5.41, 5.74) is 2.85. The van der Waals surface area contributed by atoms with Gasteiger partial charge in [0.2, 0.25) is 10.0 Å². The number of rotatable bonds is 10. The van der Waals surface area contributed by atoms with Crippen LogP contribution in [-0.4, -0.2) is 33.7 Å². The van der Waals surface area contributed by atoms with Crippen molar-refractivity contribution in [1.29, 1.82) is 0 Å². The molecule has 0 aliphatic carbocycles. The third kappa shape index (κ3) is 6.78. The largest absolute Gasteiger partial charge is 0.372 e. The minimum Gasteiger partial charge on any atom is -0.372 e. The molecule has 29 heavy (non-hydrogen) atoms. The summed E-state index contributed by atoms with van der Waals surface area (Å²) in [5.74, 6) is -0.199. The standard InChI is InChI=1S/C22H31N3O3S/c1-5-7-16-25(6-2)19-14-12-18(13-15-19)22(26)23-17(3)20-10-8-9-11-21(20)24-29(4,27)28/h8-15,17,24H,5-7,16H2,1-4H3,(H,23,26). The number of nitrogens with one attached hydrogen (secondary N) is 2. The van der Waals surface area contributed by atoms with Gasteiger partial charge in [0, 0.05) is 24.3 Å². The maximum Gasteiger partial charge on any atom is 0.251 e. The van der Waals surface area contributed by atoms with E-state index in [-0.39, 0.29) is 11.9 Å². The summed E-state index contributed by atoms with van der Waals surface area (Å²) < 4.78 is 25.7. The fourth-order valence-electron chi connectivity index (χ4n) is 3.17. The molecule has 1 atom stereocenters. The summed E-state index contributed by atoms with van der Waals surface area (Å²) in [7, 11) is -3.40. The van der Waals surface area contributed by atoms with Crippen LogP contribution in [0, 0.1) is 0 Å². The molecule has 0 aliphatic heterocycles. The fourth-order valence-corrected chi connectivity index (χ4v) is 3.75. The Kier molecular flexibility index (Phi) is 8.08. The number of carbonyl (C=O) groups excluding carboxylic acids is 1. The van der Waals surface area contributed by atoms with Gasteiger partial charge in [-0.15, -0.1) is 0 Å². The van der Waals surface area contributed by atoms with Gasteiger partial charge < -0.3 is 10.2 Å². The molecule has 0 spiro atoms. The van der Waals surface area contributed by atoms with E-state index < -0.39 is 10.0 Å². The zero-order chi connectivity index (χ0) is 21.4. The molecular weight excluding hydrogens is 386 g/mol. The highest BCUT2D eigenvalue weighted by atomic mass is 32.2. The van der Waals surface area contributed by atoms with Gasteiger partial charge in [-0.05, 0) is 56.2 Å². The second-order valence-electron chi connectivity index (χ2n) is 7.14. The van der Waals surface area contributed by atoms with E-state index in [2.05, 4.69) is 28.8 Å². The molecule has 0 saturated heterocycles. The summed E-state index contributed by atoms with van der Waals surface area (Å²) in [4.78, 5) is 15.0. The summed E-state index contributed by atoms with van der Waals surface area (Å²) in [6.07, 6.45) is 3.38. The van der Waals surface area contributed by atoms with E-state index in [1.165, 1.54) is 0 Å². The molecule has 2 rings (SSSR count). The maximum absolute atomic E-state index is 12.7. The van der Waals surface area contributed by atoms with Gasteiger partial charge in [0.1, 0.15) is 0 Å². The Morgan fingerprint density at radius 3 is 2.31 bits per heavy atom. The Hall–Kier alpha value is -2.54. The maximum atomic E-state index is 12.7. The van der Waals surface area contributed by atoms with Crippen LogP contribution in [0.4, 0.5) is 11.4 Å².